The van der Waals surface area contributed by atoms with Crippen molar-refractivity contribution >= 4 is 10.0 Å². The van der Waals surface area contributed by atoms with Gasteiger partial charge in [0.25, 0.3) is 0 Å². The Morgan fingerprint density at radius 3 is 2.41 bits per heavy atom. The van der Waals surface area contributed by atoms with Crippen LogP contribution < -0.4 is 0 Å². The Morgan fingerprint density at radius 1 is 1.24 bits per heavy atom. The van der Waals surface area contributed by atoms with Crippen LogP contribution in [-0.2, 0) is 21.4 Å². The molecule has 4 nitrogen and oxygen atoms in total. The van der Waals surface area contributed by atoms with Gasteiger partial charge in [0.1, 0.15) is 0 Å². The molecule has 0 atom stereocenters. The predicted octanol–water partition coefficient (Wildman–Crippen LogP) is 1.86. The van der Waals surface area contributed by atoms with Gasteiger partial charge >= 0.3 is 0 Å². The van der Waals surface area contributed by atoms with E-state index in [4.69, 9.17) is 4.74 Å². The normalized spacial score (nSPS) is 12.0. The minimum Gasteiger partial charge on any atom is -0.380 e. The number of rotatable bonds is 6. The monoisotopic (exact) mass is 257 g/mol. The van der Waals surface area contributed by atoms with Crippen molar-refractivity contribution in [2.24, 2.45) is 0 Å². The maximum atomic E-state index is 12.2. The summed E-state index contributed by atoms with van der Waals surface area (Å²) in [5.74, 6) is 0. The van der Waals surface area contributed by atoms with Crippen molar-refractivity contribution in [3.63, 3.8) is 0 Å². The van der Waals surface area contributed by atoms with E-state index in [1.54, 1.807) is 25.3 Å². The molecule has 0 bridgehead atoms. The number of hydrogen-bond donors (Lipinski definition) is 0. The van der Waals surface area contributed by atoms with Gasteiger partial charge in [-0.25, -0.2) is 8.42 Å². The third-order valence-electron chi connectivity index (χ3n) is 2.55. The molecule has 96 valence electrons. The van der Waals surface area contributed by atoms with Crippen molar-refractivity contribution in [1.29, 1.82) is 0 Å². The maximum Gasteiger partial charge on any atom is 0.243 e. The Morgan fingerprint density at radius 2 is 1.88 bits per heavy atom. The first-order valence-corrected chi connectivity index (χ1v) is 7.08. The quantitative estimate of drug-likeness (QED) is 0.781. The van der Waals surface area contributed by atoms with Crippen LogP contribution in [-0.4, -0.2) is 32.9 Å². The van der Waals surface area contributed by atoms with Crippen LogP contribution in [0.4, 0.5) is 0 Å². The van der Waals surface area contributed by atoms with Gasteiger partial charge < -0.3 is 4.74 Å². The van der Waals surface area contributed by atoms with E-state index in [9.17, 15) is 8.42 Å². The molecule has 5 heteroatoms. The fourth-order valence-electron chi connectivity index (χ4n) is 1.67. The van der Waals surface area contributed by atoms with E-state index in [2.05, 4.69) is 0 Å². The molecule has 0 aromatic heterocycles. The first-order chi connectivity index (χ1) is 8.06. The second-order valence-corrected chi connectivity index (χ2v) is 5.61. The standard InChI is InChI=1S/C12H19NO3S/c1-4-13(5-2)17(14,15)12-8-6-7-11(9-12)10-16-3/h6-9H,4-5,10H2,1-3H3. The molecular weight excluding hydrogens is 238 g/mol. The maximum absolute atomic E-state index is 12.2. The first-order valence-electron chi connectivity index (χ1n) is 5.64. The lowest BCUT2D eigenvalue weighted by Gasteiger charge is -2.18. The first kappa shape index (κ1) is 14.2. The van der Waals surface area contributed by atoms with Gasteiger partial charge in [-0.2, -0.15) is 4.31 Å². The highest BCUT2D eigenvalue weighted by Crippen LogP contribution is 2.17. The summed E-state index contributed by atoms with van der Waals surface area (Å²) in [6, 6.07) is 6.87. The van der Waals surface area contributed by atoms with Crippen LogP contribution in [0.25, 0.3) is 0 Å². The fraction of sp³-hybridized carbons (Fsp3) is 0.500. The molecule has 0 aliphatic rings. The second-order valence-electron chi connectivity index (χ2n) is 3.67. The molecule has 1 aromatic carbocycles. The Labute approximate surface area is 103 Å². The minimum absolute atomic E-state index is 0.329. The smallest absolute Gasteiger partial charge is 0.243 e. The average Bonchev–Trinajstić information content (AvgIpc) is 2.31. The van der Waals surface area contributed by atoms with Crippen LogP contribution in [0.2, 0.25) is 0 Å². The molecule has 0 fully saturated rings. The van der Waals surface area contributed by atoms with Gasteiger partial charge in [0.05, 0.1) is 11.5 Å². The predicted molar refractivity (Wildman–Crippen MR) is 67.3 cm³/mol. The molecule has 0 saturated carbocycles. The van der Waals surface area contributed by atoms with Gasteiger partial charge in [0.2, 0.25) is 10.0 Å². The van der Waals surface area contributed by atoms with Crippen molar-refractivity contribution < 1.29 is 13.2 Å². The van der Waals surface area contributed by atoms with Crippen molar-refractivity contribution in [1.82, 2.24) is 4.31 Å². The topological polar surface area (TPSA) is 46.6 Å². The molecule has 0 N–H and O–H groups in total. The van der Waals surface area contributed by atoms with Gasteiger partial charge in [-0.15, -0.1) is 0 Å². The number of benzene rings is 1. The third-order valence-corrected chi connectivity index (χ3v) is 4.60. The van der Waals surface area contributed by atoms with Gasteiger partial charge in [0.15, 0.2) is 0 Å². The van der Waals surface area contributed by atoms with E-state index >= 15 is 0 Å². The lowest BCUT2D eigenvalue weighted by molar-refractivity contribution is 0.184. The average molecular weight is 257 g/mol. The van der Waals surface area contributed by atoms with Gasteiger partial charge in [-0.1, -0.05) is 26.0 Å². The summed E-state index contributed by atoms with van der Waals surface area (Å²) in [7, 11) is -1.78. The Bertz CT molecular complexity index is 453. The van der Waals surface area contributed by atoms with Gasteiger partial charge in [-0.3, -0.25) is 0 Å². The fourth-order valence-corrected chi connectivity index (χ4v) is 3.20. The van der Waals surface area contributed by atoms with E-state index in [1.807, 2.05) is 19.9 Å². The molecular formula is C12H19NO3S. The summed E-state index contributed by atoms with van der Waals surface area (Å²) in [5.41, 5.74) is 0.862. The van der Waals surface area contributed by atoms with Crippen molar-refractivity contribution in [2.75, 3.05) is 20.2 Å². The Kier molecular flexibility index (Phi) is 5.11. The SMILES string of the molecule is CCN(CC)S(=O)(=O)c1cccc(COC)c1. The Hall–Kier alpha value is -0.910. The summed E-state index contributed by atoms with van der Waals surface area (Å²) >= 11 is 0. The lowest BCUT2D eigenvalue weighted by Crippen LogP contribution is -2.30. The molecule has 0 spiro atoms. The highest BCUT2D eigenvalue weighted by molar-refractivity contribution is 7.89. The highest BCUT2D eigenvalue weighted by atomic mass is 32.2. The van der Waals surface area contributed by atoms with Gasteiger partial charge in [0, 0.05) is 20.2 Å². The Balaban J connectivity index is 3.10. The second kappa shape index (κ2) is 6.14. The van der Waals surface area contributed by atoms with Crippen molar-refractivity contribution in [3.05, 3.63) is 29.8 Å². The molecule has 0 aliphatic carbocycles. The van der Waals surface area contributed by atoms with Crippen LogP contribution in [0, 0.1) is 0 Å². The van der Waals surface area contributed by atoms with E-state index in [0.29, 0.717) is 24.6 Å². The number of hydrogen-bond acceptors (Lipinski definition) is 3. The molecule has 17 heavy (non-hydrogen) atoms. The van der Waals surface area contributed by atoms with Crippen LogP contribution in [0.15, 0.2) is 29.2 Å². The summed E-state index contributed by atoms with van der Waals surface area (Å²) in [6.07, 6.45) is 0. The lowest BCUT2D eigenvalue weighted by atomic mass is 10.2. The summed E-state index contributed by atoms with van der Waals surface area (Å²) in [4.78, 5) is 0.329. The molecule has 0 heterocycles. The molecule has 1 rings (SSSR count). The summed E-state index contributed by atoms with van der Waals surface area (Å²) in [5, 5.41) is 0. The zero-order valence-electron chi connectivity index (χ0n) is 10.5. The van der Waals surface area contributed by atoms with Crippen LogP contribution >= 0.6 is 0 Å². The summed E-state index contributed by atoms with van der Waals surface area (Å²) < 4.78 is 30.9. The van der Waals surface area contributed by atoms with E-state index in [0.717, 1.165) is 5.56 Å². The number of methoxy groups -OCH3 is 1. The molecule has 0 saturated heterocycles. The van der Waals surface area contributed by atoms with Crippen LogP contribution in [0.3, 0.4) is 0 Å². The minimum atomic E-state index is -3.36. The highest BCUT2D eigenvalue weighted by Gasteiger charge is 2.21. The molecule has 1 aromatic rings. The summed E-state index contributed by atoms with van der Waals surface area (Å²) in [6.45, 7) is 5.04. The molecule has 0 amide bonds. The van der Waals surface area contributed by atoms with Crippen LogP contribution in [0.1, 0.15) is 19.4 Å². The molecule has 0 aliphatic heterocycles. The number of ether oxygens (including phenoxy) is 1. The number of nitrogens with zero attached hydrogens (tertiary/aromatic N) is 1. The number of sulfonamides is 1. The van der Waals surface area contributed by atoms with Gasteiger partial charge in [-0.05, 0) is 17.7 Å². The van der Waals surface area contributed by atoms with E-state index < -0.39 is 10.0 Å². The molecule has 0 radical (unpaired) electrons. The van der Waals surface area contributed by atoms with E-state index in [-0.39, 0.29) is 0 Å². The molecule has 0 unspecified atom stereocenters. The largest absolute Gasteiger partial charge is 0.380 e. The van der Waals surface area contributed by atoms with E-state index in [1.165, 1.54) is 4.31 Å². The van der Waals surface area contributed by atoms with Crippen LogP contribution in [0.5, 0.6) is 0 Å². The zero-order chi connectivity index (χ0) is 12.9. The third kappa shape index (κ3) is 3.28. The zero-order valence-corrected chi connectivity index (χ0v) is 11.3. The van der Waals surface area contributed by atoms with Crippen molar-refractivity contribution in [2.45, 2.75) is 25.3 Å². The van der Waals surface area contributed by atoms with Crippen molar-refractivity contribution in [3.8, 4) is 0 Å².